The van der Waals surface area contributed by atoms with E-state index in [0.29, 0.717) is 31.8 Å². The van der Waals surface area contributed by atoms with Gasteiger partial charge in [-0.05, 0) is 39.0 Å². The molecule has 0 saturated carbocycles. The third-order valence-corrected chi connectivity index (χ3v) is 4.20. The van der Waals surface area contributed by atoms with Gasteiger partial charge in [-0.2, -0.15) is 0 Å². The minimum Gasteiger partial charge on any atom is -0.491 e. The molecule has 1 aliphatic heterocycles. The van der Waals surface area contributed by atoms with Gasteiger partial charge in [0.25, 0.3) is 0 Å². The van der Waals surface area contributed by atoms with Crippen LogP contribution in [0.25, 0.3) is 0 Å². The highest BCUT2D eigenvalue weighted by Crippen LogP contribution is 2.40. The molecule has 21 heavy (non-hydrogen) atoms. The fourth-order valence-electron chi connectivity index (χ4n) is 2.82. The Labute approximate surface area is 125 Å². The average Bonchev–Trinajstić information content (AvgIpc) is 2.49. The van der Waals surface area contributed by atoms with Gasteiger partial charge in [0.15, 0.2) is 0 Å². The van der Waals surface area contributed by atoms with E-state index in [1.54, 1.807) is 7.11 Å². The Morgan fingerprint density at radius 3 is 2.57 bits per heavy atom. The van der Waals surface area contributed by atoms with Crippen molar-refractivity contribution in [1.29, 1.82) is 0 Å². The van der Waals surface area contributed by atoms with Gasteiger partial charge in [-0.25, -0.2) is 0 Å². The van der Waals surface area contributed by atoms with Crippen LogP contribution in [0.1, 0.15) is 18.4 Å². The van der Waals surface area contributed by atoms with Crippen LogP contribution in [0.5, 0.6) is 5.75 Å². The number of carboxylic acids is 1. The molecule has 0 aromatic heterocycles. The van der Waals surface area contributed by atoms with Gasteiger partial charge in [-0.3, -0.25) is 4.79 Å². The second-order valence-electron chi connectivity index (χ2n) is 5.53. The van der Waals surface area contributed by atoms with E-state index in [0.717, 1.165) is 18.7 Å². The lowest BCUT2D eigenvalue weighted by molar-refractivity contribution is -0.145. The summed E-state index contributed by atoms with van der Waals surface area (Å²) >= 11 is 0. The van der Waals surface area contributed by atoms with Crippen molar-refractivity contribution >= 4 is 5.97 Å². The van der Waals surface area contributed by atoms with Crippen molar-refractivity contribution in [2.75, 3.05) is 40.5 Å². The maximum atomic E-state index is 12.0. The van der Waals surface area contributed by atoms with E-state index < -0.39 is 11.4 Å². The summed E-state index contributed by atoms with van der Waals surface area (Å²) in [6.07, 6.45) is 1.20. The Morgan fingerprint density at radius 1 is 1.29 bits per heavy atom. The second-order valence-corrected chi connectivity index (χ2v) is 5.53. The molecule has 0 amide bonds. The molecule has 0 aliphatic carbocycles. The van der Waals surface area contributed by atoms with Crippen LogP contribution in [0.15, 0.2) is 24.3 Å². The Balaban J connectivity index is 2.30. The number of para-hydroxylation sites is 1. The molecule has 0 unspecified atom stereocenters. The van der Waals surface area contributed by atoms with E-state index in [-0.39, 0.29) is 0 Å². The monoisotopic (exact) mass is 293 g/mol. The predicted octanol–water partition coefficient (Wildman–Crippen LogP) is 1.76. The number of hydrogen-bond donors (Lipinski definition) is 1. The van der Waals surface area contributed by atoms with Crippen molar-refractivity contribution in [2.24, 2.45) is 0 Å². The zero-order valence-corrected chi connectivity index (χ0v) is 12.7. The van der Waals surface area contributed by atoms with Gasteiger partial charge < -0.3 is 19.5 Å². The first kappa shape index (κ1) is 15.8. The number of hydrogen-bond acceptors (Lipinski definition) is 4. The lowest BCUT2D eigenvalue weighted by atomic mass is 9.72. The standard InChI is InChI=1S/C16H23NO4/c1-17-9-7-16(8-10-17,15(18)19)13-5-3-4-6-14(13)21-12-11-20-2/h3-6H,7-12H2,1-2H3,(H,18,19). The normalized spacial score (nSPS) is 18.4. The van der Waals surface area contributed by atoms with Crippen molar-refractivity contribution < 1.29 is 19.4 Å². The van der Waals surface area contributed by atoms with Gasteiger partial charge >= 0.3 is 5.97 Å². The molecule has 0 spiro atoms. The molecular weight excluding hydrogens is 270 g/mol. The van der Waals surface area contributed by atoms with Crippen LogP contribution in [0.2, 0.25) is 0 Å². The van der Waals surface area contributed by atoms with Gasteiger partial charge in [0, 0.05) is 12.7 Å². The quantitative estimate of drug-likeness (QED) is 0.810. The molecule has 1 N–H and O–H groups in total. The number of carbonyl (C=O) groups is 1. The van der Waals surface area contributed by atoms with E-state index in [4.69, 9.17) is 9.47 Å². The summed E-state index contributed by atoms with van der Waals surface area (Å²) in [7, 11) is 3.64. The minimum absolute atomic E-state index is 0.420. The molecular formula is C16H23NO4. The van der Waals surface area contributed by atoms with Gasteiger partial charge in [0.1, 0.15) is 12.4 Å². The number of benzene rings is 1. The van der Waals surface area contributed by atoms with Crippen molar-refractivity contribution in [1.82, 2.24) is 4.90 Å². The summed E-state index contributed by atoms with van der Waals surface area (Å²) in [5.74, 6) is -0.111. The lowest BCUT2D eigenvalue weighted by Crippen LogP contribution is -2.46. The number of piperidine rings is 1. The van der Waals surface area contributed by atoms with E-state index in [1.165, 1.54) is 0 Å². The van der Waals surface area contributed by atoms with Crippen LogP contribution >= 0.6 is 0 Å². The van der Waals surface area contributed by atoms with Crippen LogP contribution in [-0.2, 0) is 14.9 Å². The topological polar surface area (TPSA) is 59.0 Å². The fraction of sp³-hybridized carbons (Fsp3) is 0.562. The highest BCUT2D eigenvalue weighted by molar-refractivity contribution is 5.82. The average molecular weight is 293 g/mol. The van der Waals surface area contributed by atoms with Crippen molar-refractivity contribution in [3.63, 3.8) is 0 Å². The third-order valence-electron chi connectivity index (χ3n) is 4.20. The summed E-state index contributed by atoms with van der Waals surface area (Å²) in [5, 5.41) is 9.83. The highest BCUT2D eigenvalue weighted by Gasteiger charge is 2.44. The number of aliphatic carboxylic acids is 1. The number of ether oxygens (including phenoxy) is 2. The van der Waals surface area contributed by atoms with Crippen LogP contribution in [-0.4, -0.2) is 56.4 Å². The van der Waals surface area contributed by atoms with Gasteiger partial charge in [0.05, 0.1) is 12.0 Å². The first-order valence-corrected chi connectivity index (χ1v) is 7.23. The summed E-state index contributed by atoms with van der Waals surface area (Å²) in [6, 6.07) is 7.47. The highest BCUT2D eigenvalue weighted by atomic mass is 16.5. The molecule has 1 aromatic carbocycles. The minimum atomic E-state index is -0.851. The van der Waals surface area contributed by atoms with Crippen molar-refractivity contribution in [3.05, 3.63) is 29.8 Å². The molecule has 1 saturated heterocycles. The maximum absolute atomic E-state index is 12.0. The van der Waals surface area contributed by atoms with E-state index in [2.05, 4.69) is 4.90 Å². The summed E-state index contributed by atoms with van der Waals surface area (Å²) < 4.78 is 10.7. The van der Waals surface area contributed by atoms with E-state index in [9.17, 15) is 9.90 Å². The summed E-state index contributed by atoms with van der Waals surface area (Å²) in [6.45, 7) is 2.46. The van der Waals surface area contributed by atoms with Gasteiger partial charge in [-0.1, -0.05) is 18.2 Å². The van der Waals surface area contributed by atoms with Crippen LogP contribution in [0, 0.1) is 0 Å². The Kier molecular flexibility index (Phi) is 5.20. The SMILES string of the molecule is COCCOc1ccccc1C1(C(=O)O)CCN(C)CC1. The molecule has 1 aliphatic rings. The maximum Gasteiger partial charge on any atom is 0.314 e. The molecule has 2 rings (SSSR count). The van der Waals surface area contributed by atoms with Crippen LogP contribution in [0.3, 0.4) is 0 Å². The van der Waals surface area contributed by atoms with E-state index in [1.807, 2.05) is 31.3 Å². The van der Waals surface area contributed by atoms with Crippen LogP contribution in [0.4, 0.5) is 0 Å². The molecule has 1 aromatic rings. The third kappa shape index (κ3) is 3.36. The molecule has 5 nitrogen and oxygen atoms in total. The molecule has 5 heteroatoms. The number of rotatable bonds is 6. The first-order valence-electron chi connectivity index (χ1n) is 7.23. The number of nitrogens with zero attached hydrogens (tertiary/aromatic N) is 1. The molecule has 0 radical (unpaired) electrons. The predicted molar refractivity (Wildman–Crippen MR) is 79.9 cm³/mol. The largest absolute Gasteiger partial charge is 0.491 e. The molecule has 1 heterocycles. The Bertz CT molecular complexity index is 481. The lowest BCUT2D eigenvalue weighted by Gasteiger charge is -2.38. The Morgan fingerprint density at radius 2 is 1.95 bits per heavy atom. The smallest absolute Gasteiger partial charge is 0.314 e. The number of likely N-dealkylation sites (tertiary alicyclic amines) is 1. The fourth-order valence-corrected chi connectivity index (χ4v) is 2.82. The summed E-state index contributed by atoms with van der Waals surface area (Å²) in [4.78, 5) is 14.1. The zero-order chi connectivity index (χ0) is 15.3. The van der Waals surface area contributed by atoms with Gasteiger partial charge in [-0.15, -0.1) is 0 Å². The molecule has 1 fully saturated rings. The van der Waals surface area contributed by atoms with Crippen molar-refractivity contribution in [2.45, 2.75) is 18.3 Å². The number of methoxy groups -OCH3 is 1. The molecule has 0 atom stereocenters. The summed E-state index contributed by atoms with van der Waals surface area (Å²) in [5.41, 5.74) is -0.0717. The van der Waals surface area contributed by atoms with Crippen molar-refractivity contribution in [3.8, 4) is 5.75 Å². The Hall–Kier alpha value is -1.59. The van der Waals surface area contributed by atoms with Crippen LogP contribution < -0.4 is 4.74 Å². The zero-order valence-electron chi connectivity index (χ0n) is 12.7. The first-order chi connectivity index (χ1) is 10.1. The van der Waals surface area contributed by atoms with Gasteiger partial charge in [0.2, 0.25) is 0 Å². The molecule has 0 bridgehead atoms. The number of carboxylic acid groups (broad SMARTS) is 1. The molecule has 116 valence electrons. The second kappa shape index (κ2) is 6.91. The van der Waals surface area contributed by atoms with E-state index >= 15 is 0 Å².